The molecule has 6 heteroatoms. The van der Waals surface area contributed by atoms with Gasteiger partial charge in [0.15, 0.2) is 0 Å². The van der Waals surface area contributed by atoms with Crippen LogP contribution in [0.25, 0.3) is 0 Å². The van der Waals surface area contributed by atoms with E-state index in [0.717, 1.165) is 78.0 Å². The largest absolute Gasteiger partial charge is 0.380 e. The Labute approximate surface area is 224 Å². The van der Waals surface area contributed by atoms with E-state index in [1.165, 1.54) is 0 Å². The molecule has 1 N–H and O–H groups in total. The molecule has 1 heterocycles. The molecule has 2 aliphatic rings. The minimum Gasteiger partial charge on any atom is -0.380 e. The molecule has 0 aromatic heterocycles. The van der Waals surface area contributed by atoms with Crippen LogP contribution in [-0.4, -0.2) is 97.8 Å². The lowest BCUT2D eigenvalue weighted by Gasteiger charge is -2.45. The zero-order valence-corrected chi connectivity index (χ0v) is 25.7. The molecule has 1 saturated heterocycles. The van der Waals surface area contributed by atoms with Crippen molar-refractivity contribution in [2.45, 2.75) is 130 Å². The molecule has 0 unspecified atom stereocenters. The molecule has 0 radical (unpaired) electrons. The monoisotopic (exact) mass is 511 g/mol. The summed E-state index contributed by atoms with van der Waals surface area (Å²) in [6, 6.07) is 0.600. The second-order valence-electron chi connectivity index (χ2n) is 14.7. The van der Waals surface area contributed by atoms with Crippen LogP contribution in [0.1, 0.15) is 101 Å². The zero-order valence-electron chi connectivity index (χ0n) is 25.7. The van der Waals surface area contributed by atoms with Crippen molar-refractivity contribution in [1.29, 1.82) is 0 Å². The van der Waals surface area contributed by atoms with Crippen LogP contribution in [0, 0.1) is 5.41 Å². The normalized spacial score (nSPS) is 23.2. The Hall–Kier alpha value is -0.240. The standard InChI is InChI=1S/C30H61N3O3/c1-27(2,3)13-19-34-20-18-32-14-16-33(17-15-32)29(7,8)11-12-30(9,10)36-22-21-35-26-23-25(24-26)31-28(4,5)6/h25-26,31H,11-24H2,1-10H3/t25-,26+. The van der Waals surface area contributed by atoms with E-state index in [2.05, 4.69) is 84.4 Å². The van der Waals surface area contributed by atoms with E-state index < -0.39 is 0 Å². The van der Waals surface area contributed by atoms with Crippen LogP contribution in [0.2, 0.25) is 0 Å². The Bertz CT molecular complexity index is 610. The summed E-state index contributed by atoms with van der Waals surface area (Å²) in [6.45, 7) is 31.4. The smallest absolute Gasteiger partial charge is 0.0707 e. The molecule has 2 fully saturated rings. The van der Waals surface area contributed by atoms with Gasteiger partial charge in [-0.1, -0.05) is 20.8 Å². The first-order chi connectivity index (χ1) is 16.5. The van der Waals surface area contributed by atoms with Crippen molar-refractivity contribution < 1.29 is 14.2 Å². The predicted octanol–water partition coefficient (Wildman–Crippen LogP) is 5.35. The SMILES string of the molecule is CC(C)(C)CCOCCN1CCN(C(C)(C)CCC(C)(C)OCCO[C@H]2C[C@@H](NC(C)(C)C)C2)CC1. The molecule has 36 heavy (non-hydrogen) atoms. The maximum Gasteiger partial charge on any atom is 0.0707 e. The molecule has 0 aromatic carbocycles. The lowest BCUT2D eigenvalue weighted by atomic mass is 9.87. The number of ether oxygens (including phenoxy) is 3. The van der Waals surface area contributed by atoms with Gasteiger partial charge in [0.25, 0.3) is 0 Å². The first-order valence-electron chi connectivity index (χ1n) is 14.6. The first kappa shape index (κ1) is 32.0. The maximum absolute atomic E-state index is 6.26. The van der Waals surface area contributed by atoms with E-state index in [1.807, 2.05) is 0 Å². The fraction of sp³-hybridized carbons (Fsp3) is 1.00. The van der Waals surface area contributed by atoms with Gasteiger partial charge in [0.1, 0.15) is 0 Å². The van der Waals surface area contributed by atoms with Crippen molar-refractivity contribution in [3.63, 3.8) is 0 Å². The highest BCUT2D eigenvalue weighted by atomic mass is 16.5. The van der Waals surface area contributed by atoms with Crippen LogP contribution in [0.5, 0.6) is 0 Å². The van der Waals surface area contributed by atoms with E-state index in [-0.39, 0.29) is 16.7 Å². The summed E-state index contributed by atoms with van der Waals surface area (Å²) >= 11 is 0. The zero-order chi connectivity index (χ0) is 27.0. The fourth-order valence-electron chi connectivity index (χ4n) is 5.05. The Morgan fingerprint density at radius 3 is 1.94 bits per heavy atom. The topological polar surface area (TPSA) is 46.2 Å². The van der Waals surface area contributed by atoms with Gasteiger partial charge < -0.3 is 19.5 Å². The number of piperazine rings is 1. The van der Waals surface area contributed by atoms with Crippen molar-refractivity contribution >= 4 is 0 Å². The van der Waals surface area contributed by atoms with Crippen LogP contribution < -0.4 is 5.32 Å². The lowest BCUT2D eigenvalue weighted by molar-refractivity contribution is -0.0877. The van der Waals surface area contributed by atoms with Crippen molar-refractivity contribution in [3.05, 3.63) is 0 Å². The van der Waals surface area contributed by atoms with Crippen LogP contribution >= 0.6 is 0 Å². The highest BCUT2D eigenvalue weighted by Gasteiger charge is 2.33. The third kappa shape index (κ3) is 13.0. The third-order valence-corrected chi connectivity index (χ3v) is 7.78. The van der Waals surface area contributed by atoms with Crippen LogP contribution in [-0.2, 0) is 14.2 Å². The minimum atomic E-state index is -0.122. The summed E-state index contributed by atoms with van der Waals surface area (Å²) in [6.07, 6.45) is 5.95. The number of nitrogens with zero attached hydrogens (tertiary/aromatic N) is 2. The summed E-state index contributed by atoms with van der Waals surface area (Å²) in [7, 11) is 0. The van der Waals surface area contributed by atoms with E-state index in [1.54, 1.807) is 0 Å². The Morgan fingerprint density at radius 1 is 0.722 bits per heavy atom. The second-order valence-corrected chi connectivity index (χ2v) is 14.7. The van der Waals surface area contributed by atoms with Crippen LogP contribution in [0.3, 0.4) is 0 Å². The van der Waals surface area contributed by atoms with Gasteiger partial charge in [-0.3, -0.25) is 9.80 Å². The molecule has 0 bridgehead atoms. The minimum absolute atomic E-state index is 0.122. The van der Waals surface area contributed by atoms with Gasteiger partial charge in [0.05, 0.1) is 31.5 Å². The maximum atomic E-state index is 6.26. The van der Waals surface area contributed by atoms with E-state index in [4.69, 9.17) is 14.2 Å². The second kappa shape index (κ2) is 13.7. The highest BCUT2D eigenvalue weighted by Crippen LogP contribution is 2.28. The summed E-state index contributed by atoms with van der Waals surface area (Å²) in [5, 5.41) is 3.65. The molecule has 1 saturated carbocycles. The average Bonchev–Trinajstić information content (AvgIpc) is 2.72. The van der Waals surface area contributed by atoms with Crippen molar-refractivity contribution in [3.8, 4) is 0 Å². The predicted molar refractivity (Wildman–Crippen MR) is 152 cm³/mol. The van der Waals surface area contributed by atoms with Gasteiger partial charge in [-0.15, -0.1) is 0 Å². The molecular formula is C30H61N3O3. The summed E-state index contributed by atoms with van der Waals surface area (Å²) in [5.41, 5.74) is 0.607. The van der Waals surface area contributed by atoms with E-state index in [9.17, 15) is 0 Å². The van der Waals surface area contributed by atoms with Crippen molar-refractivity contribution in [2.24, 2.45) is 5.41 Å². The van der Waals surface area contributed by atoms with E-state index >= 15 is 0 Å². The number of hydrogen-bond donors (Lipinski definition) is 1. The average molecular weight is 512 g/mol. The molecule has 214 valence electrons. The Morgan fingerprint density at radius 2 is 1.36 bits per heavy atom. The molecule has 6 nitrogen and oxygen atoms in total. The summed E-state index contributed by atoms with van der Waals surface area (Å²) in [4.78, 5) is 5.22. The Balaban J connectivity index is 1.56. The molecule has 0 aromatic rings. The number of nitrogens with one attached hydrogen (secondary N) is 1. The van der Waals surface area contributed by atoms with Gasteiger partial charge in [0.2, 0.25) is 0 Å². The molecule has 1 aliphatic carbocycles. The van der Waals surface area contributed by atoms with Crippen molar-refractivity contribution in [1.82, 2.24) is 15.1 Å². The number of hydrogen-bond acceptors (Lipinski definition) is 6. The van der Waals surface area contributed by atoms with Gasteiger partial charge in [0, 0.05) is 56.5 Å². The highest BCUT2D eigenvalue weighted by molar-refractivity contribution is 4.90. The van der Waals surface area contributed by atoms with Gasteiger partial charge in [-0.2, -0.15) is 0 Å². The van der Waals surface area contributed by atoms with Gasteiger partial charge >= 0.3 is 0 Å². The summed E-state index contributed by atoms with van der Waals surface area (Å²) in [5.74, 6) is 0. The van der Waals surface area contributed by atoms with Crippen molar-refractivity contribution in [2.75, 3.05) is 59.2 Å². The molecule has 0 spiro atoms. The molecular weight excluding hydrogens is 450 g/mol. The van der Waals surface area contributed by atoms with E-state index in [0.29, 0.717) is 30.8 Å². The molecule has 0 amide bonds. The van der Waals surface area contributed by atoms with Crippen LogP contribution in [0.15, 0.2) is 0 Å². The number of rotatable bonds is 15. The van der Waals surface area contributed by atoms with Gasteiger partial charge in [-0.05, 0) is 86.0 Å². The van der Waals surface area contributed by atoms with Gasteiger partial charge in [-0.25, -0.2) is 0 Å². The fourth-order valence-corrected chi connectivity index (χ4v) is 5.05. The summed E-state index contributed by atoms with van der Waals surface area (Å²) < 4.78 is 18.2. The molecule has 2 rings (SSSR count). The molecule has 1 aliphatic heterocycles. The first-order valence-corrected chi connectivity index (χ1v) is 14.6. The van der Waals surface area contributed by atoms with Crippen LogP contribution in [0.4, 0.5) is 0 Å². The lowest BCUT2D eigenvalue weighted by Crippen LogP contribution is -2.55. The third-order valence-electron chi connectivity index (χ3n) is 7.78. The molecule has 0 atom stereocenters. The Kier molecular flexibility index (Phi) is 12.2. The quantitative estimate of drug-likeness (QED) is 0.299.